The van der Waals surface area contributed by atoms with E-state index in [1.807, 2.05) is 30.3 Å². The third kappa shape index (κ3) is 4.78. The molecular weight excluding hydrogens is 459 g/mol. The predicted octanol–water partition coefficient (Wildman–Crippen LogP) is 2.00. The predicted molar refractivity (Wildman–Crippen MR) is 118 cm³/mol. The summed E-state index contributed by atoms with van der Waals surface area (Å²) in [4.78, 5) is 25.6. The van der Waals surface area contributed by atoms with Crippen LogP contribution < -0.4 is 15.4 Å². The van der Waals surface area contributed by atoms with Gasteiger partial charge < -0.3 is 10.6 Å². The van der Waals surface area contributed by atoms with E-state index >= 15 is 0 Å². The first kappa shape index (κ1) is 22.7. The molecule has 1 aliphatic carbocycles. The molecule has 1 heterocycles. The monoisotopic (exact) mass is 480 g/mol. The van der Waals surface area contributed by atoms with Crippen molar-refractivity contribution in [3.05, 3.63) is 64.9 Å². The summed E-state index contributed by atoms with van der Waals surface area (Å²) in [6, 6.07) is 11.1. The molecule has 2 aliphatic rings. The number of halogens is 2. The van der Waals surface area contributed by atoms with Crippen molar-refractivity contribution >= 4 is 39.3 Å². The lowest BCUT2D eigenvalue weighted by Crippen LogP contribution is -2.62. The lowest BCUT2D eigenvalue weighted by Gasteiger charge is -2.35. The maximum Gasteiger partial charge on any atom is 0.280 e. The van der Waals surface area contributed by atoms with Crippen LogP contribution in [0.3, 0.4) is 0 Å². The number of rotatable bonds is 5. The molecule has 4 rings (SSSR count). The standard InChI is InChI=1S/C21H22ClFN4O4S/c1-27-19(21(29)24-13-7-8-16(23)15(22)9-13)11-18(26-32(27,30)31)20(28)25-17-10-14(17)12-5-3-2-4-6-12/h2-9,14,17-19,26H,10-11H2,1H3,(H,24,29)(H,25,28). The Balaban J connectivity index is 1.43. The molecule has 3 N–H and O–H groups in total. The number of benzene rings is 2. The average molecular weight is 481 g/mol. The second-order valence-corrected chi connectivity index (χ2v) is 10.1. The van der Waals surface area contributed by atoms with Crippen molar-refractivity contribution in [1.29, 1.82) is 0 Å². The van der Waals surface area contributed by atoms with Crippen molar-refractivity contribution in [2.24, 2.45) is 0 Å². The van der Waals surface area contributed by atoms with Gasteiger partial charge >= 0.3 is 0 Å². The van der Waals surface area contributed by atoms with Crippen LogP contribution in [0.25, 0.3) is 0 Å². The molecule has 2 aromatic rings. The fraction of sp³-hybridized carbons (Fsp3) is 0.333. The van der Waals surface area contributed by atoms with Crippen molar-refractivity contribution in [2.75, 3.05) is 12.4 Å². The van der Waals surface area contributed by atoms with Gasteiger partial charge in [-0.3, -0.25) is 9.59 Å². The minimum absolute atomic E-state index is 0.0644. The Morgan fingerprint density at radius 1 is 1.12 bits per heavy atom. The maximum absolute atomic E-state index is 13.4. The molecule has 0 spiro atoms. The highest BCUT2D eigenvalue weighted by atomic mass is 35.5. The van der Waals surface area contributed by atoms with Crippen molar-refractivity contribution in [1.82, 2.24) is 14.3 Å². The number of hydrogen-bond acceptors (Lipinski definition) is 4. The fourth-order valence-electron chi connectivity index (χ4n) is 3.79. The highest BCUT2D eigenvalue weighted by molar-refractivity contribution is 7.87. The van der Waals surface area contributed by atoms with Gasteiger partial charge in [-0.25, -0.2) is 4.39 Å². The summed E-state index contributed by atoms with van der Waals surface area (Å²) in [5, 5.41) is 5.23. The van der Waals surface area contributed by atoms with E-state index in [1.54, 1.807) is 0 Å². The second kappa shape index (κ2) is 8.78. The van der Waals surface area contributed by atoms with E-state index in [1.165, 1.54) is 19.2 Å². The molecule has 1 aliphatic heterocycles. The summed E-state index contributed by atoms with van der Waals surface area (Å²) in [5.74, 6) is -1.58. The molecule has 1 saturated heterocycles. The number of carbonyl (C=O) groups excluding carboxylic acids is 2. The molecule has 2 amide bonds. The summed E-state index contributed by atoms with van der Waals surface area (Å²) in [6.07, 6.45) is 0.704. The summed E-state index contributed by atoms with van der Waals surface area (Å²) < 4.78 is 41.6. The van der Waals surface area contributed by atoms with E-state index in [0.29, 0.717) is 0 Å². The Hall–Kier alpha value is -2.53. The Kier molecular flexibility index (Phi) is 6.22. The number of nitrogens with zero attached hydrogens (tertiary/aromatic N) is 1. The smallest absolute Gasteiger partial charge is 0.280 e. The van der Waals surface area contributed by atoms with Crippen LogP contribution in [0.5, 0.6) is 0 Å². The third-order valence-corrected chi connectivity index (χ3v) is 7.61. The lowest BCUT2D eigenvalue weighted by atomic mass is 10.1. The molecule has 2 aromatic carbocycles. The molecule has 4 atom stereocenters. The van der Waals surface area contributed by atoms with E-state index in [9.17, 15) is 22.4 Å². The van der Waals surface area contributed by atoms with Gasteiger partial charge in [0.1, 0.15) is 17.9 Å². The normalized spacial score (nSPS) is 26.8. The van der Waals surface area contributed by atoms with Gasteiger partial charge in [0.05, 0.1) is 5.02 Å². The molecule has 0 radical (unpaired) electrons. The molecule has 2 fully saturated rings. The summed E-state index contributed by atoms with van der Waals surface area (Å²) in [5.41, 5.74) is 1.33. The van der Waals surface area contributed by atoms with Crippen LogP contribution in [0, 0.1) is 5.82 Å². The topological polar surface area (TPSA) is 108 Å². The SMILES string of the molecule is CN1C(C(=O)Nc2ccc(F)c(Cl)c2)CC(C(=O)NC2CC2c2ccccc2)NS1(=O)=O. The fourth-order valence-corrected chi connectivity index (χ4v) is 5.22. The van der Waals surface area contributed by atoms with Gasteiger partial charge in [0.25, 0.3) is 10.2 Å². The largest absolute Gasteiger partial charge is 0.351 e. The summed E-state index contributed by atoms with van der Waals surface area (Å²) >= 11 is 5.74. The number of anilines is 1. The molecule has 170 valence electrons. The number of hydrogen-bond donors (Lipinski definition) is 3. The van der Waals surface area contributed by atoms with Crippen molar-refractivity contribution < 1.29 is 22.4 Å². The van der Waals surface area contributed by atoms with Crippen LogP contribution in [0.1, 0.15) is 24.3 Å². The van der Waals surface area contributed by atoms with E-state index in [4.69, 9.17) is 11.6 Å². The van der Waals surface area contributed by atoms with Gasteiger partial charge in [-0.15, -0.1) is 0 Å². The first-order chi connectivity index (χ1) is 15.2. The van der Waals surface area contributed by atoms with Crippen LogP contribution in [0.4, 0.5) is 10.1 Å². The van der Waals surface area contributed by atoms with Crippen molar-refractivity contribution in [2.45, 2.75) is 36.9 Å². The van der Waals surface area contributed by atoms with E-state index in [2.05, 4.69) is 15.4 Å². The van der Waals surface area contributed by atoms with E-state index in [0.717, 1.165) is 22.4 Å². The Bertz CT molecular complexity index is 1150. The highest BCUT2D eigenvalue weighted by Crippen LogP contribution is 2.40. The molecule has 1 saturated carbocycles. The Morgan fingerprint density at radius 2 is 1.84 bits per heavy atom. The first-order valence-electron chi connectivity index (χ1n) is 10.0. The van der Waals surface area contributed by atoms with Crippen molar-refractivity contribution in [3.8, 4) is 0 Å². The number of nitrogens with one attached hydrogen (secondary N) is 3. The van der Waals surface area contributed by atoms with Crippen LogP contribution in [-0.2, 0) is 19.8 Å². The number of carbonyl (C=O) groups is 2. The average Bonchev–Trinajstić information content (AvgIpc) is 3.52. The molecule has 0 aromatic heterocycles. The first-order valence-corrected chi connectivity index (χ1v) is 11.8. The third-order valence-electron chi connectivity index (χ3n) is 5.72. The van der Waals surface area contributed by atoms with Gasteiger partial charge in [0.15, 0.2) is 0 Å². The van der Waals surface area contributed by atoms with Crippen molar-refractivity contribution in [3.63, 3.8) is 0 Å². The minimum Gasteiger partial charge on any atom is -0.351 e. The van der Waals surface area contributed by atoms with Gasteiger partial charge in [-0.05, 0) is 36.6 Å². The molecular formula is C21H22ClFN4O4S. The molecule has 0 bridgehead atoms. The lowest BCUT2D eigenvalue weighted by molar-refractivity contribution is -0.124. The molecule has 32 heavy (non-hydrogen) atoms. The van der Waals surface area contributed by atoms with Crippen LogP contribution >= 0.6 is 11.6 Å². The van der Waals surface area contributed by atoms with E-state index in [-0.39, 0.29) is 29.1 Å². The van der Waals surface area contributed by atoms with Gasteiger partial charge in [0, 0.05) is 24.7 Å². The number of amides is 2. The van der Waals surface area contributed by atoms with Crippen LogP contribution in [0.15, 0.2) is 48.5 Å². The van der Waals surface area contributed by atoms with Gasteiger partial charge in [-0.1, -0.05) is 41.9 Å². The Morgan fingerprint density at radius 3 is 2.53 bits per heavy atom. The van der Waals surface area contributed by atoms with Crippen LogP contribution in [-0.4, -0.2) is 49.7 Å². The maximum atomic E-state index is 13.4. The quantitative estimate of drug-likeness (QED) is 0.608. The summed E-state index contributed by atoms with van der Waals surface area (Å²) in [7, 11) is -2.81. The second-order valence-electron chi connectivity index (χ2n) is 7.93. The molecule has 8 nitrogen and oxygen atoms in total. The molecule has 11 heteroatoms. The highest BCUT2D eigenvalue weighted by Gasteiger charge is 2.45. The zero-order valence-corrected chi connectivity index (χ0v) is 18.7. The van der Waals surface area contributed by atoms with Crippen LogP contribution in [0.2, 0.25) is 5.02 Å². The zero-order chi connectivity index (χ0) is 23.0. The van der Waals surface area contributed by atoms with Gasteiger partial charge in [-0.2, -0.15) is 17.4 Å². The van der Waals surface area contributed by atoms with Gasteiger partial charge in [0.2, 0.25) is 11.8 Å². The summed E-state index contributed by atoms with van der Waals surface area (Å²) in [6.45, 7) is 0. The van der Waals surface area contributed by atoms with E-state index < -0.39 is 39.9 Å². The number of likely N-dealkylation sites (N-methyl/N-ethyl adjacent to an activating group) is 1. The minimum atomic E-state index is -4.06. The zero-order valence-electron chi connectivity index (χ0n) is 17.1. The Labute approximate surface area is 190 Å². The molecule has 4 unspecified atom stereocenters.